The average molecular weight is 329 g/mol. The summed E-state index contributed by atoms with van der Waals surface area (Å²) in [6.45, 7) is 6.37. The molecule has 1 aliphatic rings. The minimum absolute atomic E-state index is 0. The van der Waals surface area contributed by atoms with Crippen molar-refractivity contribution in [3.8, 4) is 11.5 Å². The SMILES string of the molecule is COc1ccc(C(C)(C)CNC(=O)C2CNC2)cc1OC.Cl. The molecular formula is C16H25ClN2O3. The summed E-state index contributed by atoms with van der Waals surface area (Å²) in [6, 6.07) is 5.88. The van der Waals surface area contributed by atoms with Crippen molar-refractivity contribution in [3.63, 3.8) is 0 Å². The molecule has 0 spiro atoms. The van der Waals surface area contributed by atoms with Crippen LogP contribution < -0.4 is 20.1 Å². The molecule has 2 rings (SSSR count). The van der Waals surface area contributed by atoms with E-state index < -0.39 is 0 Å². The normalized spacial score (nSPS) is 14.5. The zero-order valence-electron chi connectivity index (χ0n) is 13.6. The van der Waals surface area contributed by atoms with Crippen molar-refractivity contribution in [2.24, 2.45) is 5.92 Å². The third-order valence-corrected chi connectivity index (χ3v) is 4.02. The Labute approximate surface area is 138 Å². The zero-order valence-corrected chi connectivity index (χ0v) is 14.4. The fourth-order valence-corrected chi connectivity index (χ4v) is 2.29. The second-order valence-electron chi connectivity index (χ2n) is 6.03. The summed E-state index contributed by atoms with van der Waals surface area (Å²) in [5.41, 5.74) is 0.930. The molecule has 1 aliphatic heterocycles. The molecule has 0 aliphatic carbocycles. The molecule has 2 N–H and O–H groups in total. The largest absolute Gasteiger partial charge is 0.493 e. The van der Waals surface area contributed by atoms with Crippen LogP contribution in [-0.2, 0) is 10.2 Å². The van der Waals surface area contributed by atoms with Crippen molar-refractivity contribution in [3.05, 3.63) is 23.8 Å². The van der Waals surface area contributed by atoms with E-state index in [0.29, 0.717) is 18.0 Å². The number of carbonyl (C=O) groups is 1. The van der Waals surface area contributed by atoms with Gasteiger partial charge < -0.3 is 20.1 Å². The Morgan fingerprint density at radius 1 is 1.27 bits per heavy atom. The molecule has 6 heteroatoms. The molecular weight excluding hydrogens is 304 g/mol. The monoisotopic (exact) mass is 328 g/mol. The Kier molecular flexibility index (Phi) is 6.50. The molecule has 0 unspecified atom stereocenters. The van der Waals surface area contributed by atoms with Gasteiger partial charge in [-0.25, -0.2) is 0 Å². The van der Waals surface area contributed by atoms with Gasteiger partial charge in [0.25, 0.3) is 0 Å². The highest BCUT2D eigenvalue weighted by Gasteiger charge is 2.28. The van der Waals surface area contributed by atoms with Crippen LogP contribution in [0.4, 0.5) is 0 Å². The number of ether oxygens (including phenoxy) is 2. The minimum Gasteiger partial charge on any atom is -0.493 e. The number of nitrogens with one attached hydrogen (secondary N) is 2. The van der Waals surface area contributed by atoms with Gasteiger partial charge >= 0.3 is 0 Å². The Hall–Kier alpha value is -1.46. The lowest BCUT2D eigenvalue weighted by Gasteiger charge is -2.30. The number of amides is 1. The molecule has 1 saturated heterocycles. The number of rotatable bonds is 6. The van der Waals surface area contributed by atoms with E-state index in [2.05, 4.69) is 24.5 Å². The van der Waals surface area contributed by atoms with Gasteiger partial charge in [-0.15, -0.1) is 12.4 Å². The molecule has 0 radical (unpaired) electrons. The van der Waals surface area contributed by atoms with E-state index in [1.54, 1.807) is 14.2 Å². The lowest BCUT2D eigenvalue weighted by molar-refractivity contribution is -0.126. The molecule has 0 aromatic heterocycles. The van der Waals surface area contributed by atoms with Crippen molar-refractivity contribution in [2.75, 3.05) is 33.9 Å². The van der Waals surface area contributed by atoms with E-state index in [1.807, 2.05) is 18.2 Å². The standard InChI is InChI=1S/C16H24N2O3.ClH/c1-16(2,10-18-15(19)11-8-17-9-11)12-5-6-13(20-3)14(7-12)21-4;/h5-7,11,17H,8-10H2,1-4H3,(H,18,19);1H. The van der Waals surface area contributed by atoms with Crippen LogP contribution in [0.15, 0.2) is 18.2 Å². The maximum atomic E-state index is 11.9. The lowest BCUT2D eigenvalue weighted by Crippen LogP contribution is -2.52. The van der Waals surface area contributed by atoms with E-state index in [0.717, 1.165) is 18.7 Å². The number of carbonyl (C=O) groups excluding carboxylic acids is 1. The first-order valence-electron chi connectivity index (χ1n) is 7.19. The van der Waals surface area contributed by atoms with Crippen LogP contribution in [0.5, 0.6) is 11.5 Å². The Morgan fingerprint density at radius 2 is 1.91 bits per heavy atom. The van der Waals surface area contributed by atoms with Crippen LogP contribution >= 0.6 is 12.4 Å². The summed E-state index contributed by atoms with van der Waals surface area (Å²) < 4.78 is 10.6. The van der Waals surface area contributed by atoms with Crippen molar-refractivity contribution >= 4 is 18.3 Å². The minimum atomic E-state index is -0.174. The van der Waals surface area contributed by atoms with Crippen LogP contribution in [0.2, 0.25) is 0 Å². The summed E-state index contributed by atoms with van der Waals surface area (Å²) in [5, 5.41) is 6.15. The molecule has 1 aromatic rings. The van der Waals surface area contributed by atoms with Crippen LogP contribution in [0, 0.1) is 5.92 Å². The van der Waals surface area contributed by atoms with Gasteiger partial charge in [0, 0.05) is 25.0 Å². The highest BCUT2D eigenvalue weighted by atomic mass is 35.5. The van der Waals surface area contributed by atoms with Gasteiger partial charge in [-0.1, -0.05) is 19.9 Å². The highest BCUT2D eigenvalue weighted by molar-refractivity contribution is 5.85. The Morgan fingerprint density at radius 3 is 2.41 bits per heavy atom. The van der Waals surface area contributed by atoms with E-state index in [1.165, 1.54) is 0 Å². The van der Waals surface area contributed by atoms with Gasteiger partial charge in [0.2, 0.25) is 5.91 Å². The van der Waals surface area contributed by atoms with Crippen molar-refractivity contribution in [1.82, 2.24) is 10.6 Å². The molecule has 1 amide bonds. The van der Waals surface area contributed by atoms with Gasteiger partial charge in [-0.2, -0.15) is 0 Å². The summed E-state index contributed by atoms with van der Waals surface area (Å²) in [5.74, 6) is 1.66. The fraction of sp³-hybridized carbons (Fsp3) is 0.562. The number of hydrogen-bond donors (Lipinski definition) is 2. The summed E-state index contributed by atoms with van der Waals surface area (Å²) in [4.78, 5) is 11.9. The second-order valence-corrected chi connectivity index (χ2v) is 6.03. The zero-order chi connectivity index (χ0) is 15.5. The number of halogens is 1. The van der Waals surface area contributed by atoms with Gasteiger partial charge in [0.05, 0.1) is 20.1 Å². The quantitative estimate of drug-likeness (QED) is 0.835. The first-order valence-corrected chi connectivity index (χ1v) is 7.19. The smallest absolute Gasteiger partial charge is 0.225 e. The predicted molar refractivity (Wildman–Crippen MR) is 89.2 cm³/mol. The molecule has 1 fully saturated rings. The molecule has 1 aromatic carbocycles. The van der Waals surface area contributed by atoms with Gasteiger partial charge in [0.1, 0.15) is 0 Å². The van der Waals surface area contributed by atoms with Gasteiger partial charge in [-0.05, 0) is 17.7 Å². The predicted octanol–water partition coefficient (Wildman–Crippen LogP) is 1.74. The number of methoxy groups -OCH3 is 2. The molecule has 0 bridgehead atoms. The third kappa shape index (κ3) is 4.05. The van der Waals surface area contributed by atoms with Crippen molar-refractivity contribution in [1.29, 1.82) is 0 Å². The summed E-state index contributed by atoms with van der Waals surface area (Å²) >= 11 is 0. The molecule has 0 atom stereocenters. The van der Waals surface area contributed by atoms with E-state index in [4.69, 9.17) is 9.47 Å². The molecule has 0 saturated carbocycles. The Balaban J connectivity index is 0.00000242. The van der Waals surface area contributed by atoms with Crippen LogP contribution in [0.25, 0.3) is 0 Å². The van der Waals surface area contributed by atoms with Crippen LogP contribution in [0.1, 0.15) is 19.4 Å². The second kappa shape index (κ2) is 7.70. The molecule has 22 heavy (non-hydrogen) atoms. The summed E-state index contributed by atoms with van der Waals surface area (Å²) in [6.07, 6.45) is 0. The number of benzene rings is 1. The third-order valence-electron chi connectivity index (χ3n) is 4.02. The fourth-order valence-electron chi connectivity index (χ4n) is 2.29. The number of hydrogen-bond acceptors (Lipinski definition) is 4. The first-order chi connectivity index (χ1) is 9.97. The first kappa shape index (κ1) is 18.6. The topological polar surface area (TPSA) is 59.6 Å². The van der Waals surface area contributed by atoms with Crippen LogP contribution in [0.3, 0.4) is 0 Å². The van der Waals surface area contributed by atoms with Gasteiger partial charge in [-0.3, -0.25) is 4.79 Å². The van der Waals surface area contributed by atoms with Gasteiger partial charge in [0.15, 0.2) is 11.5 Å². The maximum Gasteiger partial charge on any atom is 0.225 e. The maximum absolute atomic E-state index is 11.9. The molecule has 124 valence electrons. The Bertz CT molecular complexity index is 516. The molecule has 5 nitrogen and oxygen atoms in total. The lowest BCUT2D eigenvalue weighted by atomic mass is 9.84. The average Bonchev–Trinajstić information content (AvgIpc) is 2.42. The summed E-state index contributed by atoms with van der Waals surface area (Å²) in [7, 11) is 3.25. The van der Waals surface area contributed by atoms with E-state index in [9.17, 15) is 4.79 Å². The van der Waals surface area contributed by atoms with E-state index in [-0.39, 0.29) is 29.6 Å². The van der Waals surface area contributed by atoms with Crippen molar-refractivity contribution in [2.45, 2.75) is 19.3 Å². The van der Waals surface area contributed by atoms with Crippen LogP contribution in [-0.4, -0.2) is 39.8 Å². The van der Waals surface area contributed by atoms with Crippen molar-refractivity contribution < 1.29 is 14.3 Å². The molecule has 1 heterocycles. The highest BCUT2D eigenvalue weighted by Crippen LogP contribution is 2.32. The van der Waals surface area contributed by atoms with E-state index >= 15 is 0 Å².